The smallest absolute Gasteiger partial charge is 0.242 e. The molecule has 1 amide bonds. The number of hydrogen-bond acceptors (Lipinski definition) is 4. The number of carbonyl (C=O) groups is 1. The average Bonchev–Trinajstić information content (AvgIpc) is 3.04. The molecule has 1 fully saturated rings. The van der Waals surface area contributed by atoms with Crippen LogP contribution in [-0.2, 0) is 11.2 Å². The van der Waals surface area contributed by atoms with Gasteiger partial charge in [-0.05, 0) is 42.3 Å². The first-order valence-electron chi connectivity index (χ1n) is 8.68. The average molecular weight is 357 g/mol. The van der Waals surface area contributed by atoms with Crippen molar-refractivity contribution in [3.05, 3.63) is 53.2 Å². The summed E-state index contributed by atoms with van der Waals surface area (Å²) >= 11 is 6.06. The number of amides is 1. The lowest BCUT2D eigenvalue weighted by Gasteiger charge is -2.36. The third-order valence-electron chi connectivity index (χ3n) is 4.97. The molecule has 0 atom stereocenters. The van der Waals surface area contributed by atoms with E-state index in [-0.39, 0.29) is 5.91 Å². The van der Waals surface area contributed by atoms with Crippen LogP contribution in [0, 0.1) is 0 Å². The van der Waals surface area contributed by atoms with Gasteiger partial charge in [0.2, 0.25) is 5.91 Å². The van der Waals surface area contributed by atoms with Crippen LogP contribution in [0.15, 0.2) is 42.6 Å². The van der Waals surface area contributed by atoms with E-state index in [1.54, 1.807) is 0 Å². The summed E-state index contributed by atoms with van der Waals surface area (Å²) in [6, 6.07) is 11.9. The van der Waals surface area contributed by atoms with E-state index in [9.17, 15) is 4.79 Å². The lowest BCUT2D eigenvalue weighted by molar-refractivity contribution is -0.130. The molecular formula is C19H21ClN4O. The Morgan fingerprint density at radius 2 is 1.92 bits per heavy atom. The number of nitrogens with zero attached hydrogens (tertiary/aromatic N) is 4. The van der Waals surface area contributed by atoms with E-state index in [0.717, 1.165) is 55.7 Å². The van der Waals surface area contributed by atoms with Crippen LogP contribution in [0.25, 0.3) is 0 Å². The Labute approximate surface area is 152 Å². The van der Waals surface area contributed by atoms with E-state index in [4.69, 9.17) is 11.6 Å². The van der Waals surface area contributed by atoms with E-state index in [0.29, 0.717) is 6.54 Å². The highest BCUT2D eigenvalue weighted by atomic mass is 35.5. The quantitative estimate of drug-likeness (QED) is 0.847. The van der Waals surface area contributed by atoms with Crippen LogP contribution in [0.3, 0.4) is 0 Å². The molecule has 2 aliphatic heterocycles. The largest absolute Gasteiger partial charge is 0.362 e. The number of piperazine rings is 1. The fourth-order valence-electron chi connectivity index (χ4n) is 3.59. The molecule has 0 radical (unpaired) electrons. The number of aromatic nitrogens is 1. The first kappa shape index (κ1) is 16.2. The zero-order valence-electron chi connectivity index (χ0n) is 14.1. The Morgan fingerprint density at radius 1 is 1.08 bits per heavy atom. The number of rotatable bonds is 3. The summed E-state index contributed by atoms with van der Waals surface area (Å²) in [6.45, 7) is 4.48. The Kier molecular flexibility index (Phi) is 4.49. The number of hydrogen-bond donors (Lipinski definition) is 0. The van der Waals surface area contributed by atoms with Gasteiger partial charge in [-0.3, -0.25) is 4.79 Å². The molecule has 3 heterocycles. The van der Waals surface area contributed by atoms with Crippen LogP contribution in [0.2, 0.25) is 5.02 Å². The fraction of sp³-hybridized carbons (Fsp3) is 0.368. The highest BCUT2D eigenvalue weighted by Gasteiger charge is 2.26. The van der Waals surface area contributed by atoms with Gasteiger partial charge >= 0.3 is 0 Å². The van der Waals surface area contributed by atoms with Crippen molar-refractivity contribution in [2.24, 2.45) is 0 Å². The van der Waals surface area contributed by atoms with Crippen LogP contribution >= 0.6 is 11.6 Å². The minimum Gasteiger partial charge on any atom is -0.362 e. The lowest BCUT2D eigenvalue weighted by atomic mass is 10.2. The maximum atomic E-state index is 12.7. The zero-order chi connectivity index (χ0) is 17.2. The summed E-state index contributed by atoms with van der Waals surface area (Å²) in [6.07, 6.45) is 2.76. The van der Waals surface area contributed by atoms with Crippen LogP contribution in [0.5, 0.6) is 0 Å². The normalized spacial score (nSPS) is 16.9. The summed E-state index contributed by atoms with van der Waals surface area (Å²) in [5.74, 6) is 1.18. The molecule has 0 spiro atoms. The zero-order valence-corrected chi connectivity index (χ0v) is 14.8. The summed E-state index contributed by atoms with van der Waals surface area (Å²) in [5.41, 5.74) is 2.38. The third-order valence-corrected chi connectivity index (χ3v) is 5.20. The van der Waals surface area contributed by atoms with E-state index >= 15 is 0 Å². The van der Waals surface area contributed by atoms with Gasteiger partial charge in [0.25, 0.3) is 0 Å². The molecule has 4 rings (SSSR count). The second-order valence-electron chi connectivity index (χ2n) is 6.50. The Balaban J connectivity index is 1.35. The summed E-state index contributed by atoms with van der Waals surface area (Å²) in [5, 5.41) is 0.762. The molecule has 0 N–H and O–H groups in total. The summed E-state index contributed by atoms with van der Waals surface area (Å²) in [4.78, 5) is 23.5. The standard InChI is InChI=1S/C19H21ClN4O/c20-16-4-5-17-15(13-16)6-8-24(17)14-19(25)23-11-9-22(10-12-23)18-3-1-2-7-21-18/h1-5,7,13H,6,8-12,14H2. The summed E-state index contributed by atoms with van der Waals surface area (Å²) in [7, 11) is 0. The number of anilines is 2. The second kappa shape index (κ2) is 6.92. The number of halogens is 1. The van der Waals surface area contributed by atoms with Crippen molar-refractivity contribution in [3.8, 4) is 0 Å². The lowest BCUT2D eigenvalue weighted by Crippen LogP contribution is -2.51. The molecule has 130 valence electrons. The molecule has 5 nitrogen and oxygen atoms in total. The Morgan fingerprint density at radius 3 is 2.68 bits per heavy atom. The van der Waals surface area contributed by atoms with Crippen molar-refractivity contribution in [1.29, 1.82) is 0 Å². The minimum atomic E-state index is 0.198. The Hall–Kier alpha value is -2.27. The van der Waals surface area contributed by atoms with Gasteiger partial charge in [0.05, 0.1) is 6.54 Å². The molecule has 0 aliphatic carbocycles. The molecule has 0 unspecified atom stereocenters. The van der Waals surface area contributed by atoms with E-state index in [1.807, 2.05) is 47.5 Å². The molecule has 6 heteroatoms. The highest BCUT2D eigenvalue weighted by molar-refractivity contribution is 6.30. The van der Waals surface area contributed by atoms with Crippen molar-refractivity contribution in [1.82, 2.24) is 9.88 Å². The van der Waals surface area contributed by atoms with E-state index in [1.165, 1.54) is 5.56 Å². The first-order chi connectivity index (χ1) is 12.2. The molecule has 0 bridgehead atoms. The molecule has 1 saturated heterocycles. The molecule has 1 aromatic carbocycles. The number of pyridine rings is 1. The van der Waals surface area contributed by atoms with Gasteiger partial charge in [-0.1, -0.05) is 17.7 Å². The van der Waals surface area contributed by atoms with Crippen molar-refractivity contribution in [2.75, 3.05) is 49.1 Å². The molecule has 0 saturated carbocycles. The van der Waals surface area contributed by atoms with Crippen LogP contribution in [0.1, 0.15) is 5.56 Å². The monoisotopic (exact) mass is 356 g/mol. The van der Waals surface area contributed by atoms with Gasteiger partial charge in [0.15, 0.2) is 0 Å². The second-order valence-corrected chi connectivity index (χ2v) is 6.94. The maximum Gasteiger partial charge on any atom is 0.242 e. The van der Waals surface area contributed by atoms with Crippen LogP contribution in [0.4, 0.5) is 11.5 Å². The van der Waals surface area contributed by atoms with Gasteiger partial charge in [0.1, 0.15) is 5.82 Å². The van der Waals surface area contributed by atoms with E-state index in [2.05, 4.69) is 14.8 Å². The van der Waals surface area contributed by atoms with Crippen molar-refractivity contribution in [3.63, 3.8) is 0 Å². The molecule has 1 aromatic heterocycles. The SMILES string of the molecule is O=C(CN1CCc2cc(Cl)ccc21)N1CCN(c2ccccn2)CC1. The van der Waals surface area contributed by atoms with Crippen LogP contribution in [-0.4, -0.2) is 55.1 Å². The van der Waals surface area contributed by atoms with Crippen molar-refractivity contribution >= 4 is 29.0 Å². The Bertz CT molecular complexity index is 759. The van der Waals surface area contributed by atoms with Crippen molar-refractivity contribution < 1.29 is 4.79 Å². The van der Waals surface area contributed by atoms with Gasteiger partial charge in [0, 0.05) is 49.6 Å². The minimum absolute atomic E-state index is 0.198. The summed E-state index contributed by atoms with van der Waals surface area (Å²) < 4.78 is 0. The van der Waals surface area contributed by atoms with Gasteiger partial charge in [-0.25, -0.2) is 4.98 Å². The van der Waals surface area contributed by atoms with Crippen LogP contribution < -0.4 is 9.80 Å². The number of fused-ring (bicyclic) bond motifs is 1. The van der Waals surface area contributed by atoms with Crippen molar-refractivity contribution in [2.45, 2.75) is 6.42 Å². The number of benzene rings is 1. The third kappa shape index (κ3) is 3.42. The maximum absolute atomic E-state index is 12.7. The van der Waals surface area contributed by atoms with Gasteiger partial charge < -0.3 is 14.7 Å². The van der Waals surface area contributed by atoms with Gasteiger partial charge in [-0.15, -0.1) is 0 Å². The first-order valence-corrected chi connectivity index (χ1v) is 9.05. The fourth-order valence-corrected chi connectivity index (χ4v) is 3.79. The highest BCUT2D eigenvalue weighted by Crippen LogP contribution is 2.30. The van der Waals surface area contributed by atoms with Gasteiger partial charge in [-0.2, -0.15) is 0 Å². The molecule has 2 aromatic rings. The predicted molar refractivity (Wildman–Crippen MR) is 100 cm³/mol. The predicted octanol–water partition coefficient (Wildman–Crippen LogP) is 2.45. The molecule has 25 heavy (non-hydrogen) atoms. The van der Waals surface area contributed by atoms with E-state index < -0.39 is 0 Å². The number of carbonyl (C=O) groups excluding carboxylic acids is 1. The molecule has 2 aliphatic rings. The topological polar surface area (TPSA) is 39.7 Å². The molecular weight excluding hydrogens is 336 g/mol.